The zero-order valence-electron chi connectivity index (χ0n) is 21.2. The Labute approximate surface area is 225 Å². The maximum absolute atomic E-state index is 13.1. The molecule has 0 aliphatic carbocycles. The highest BCUT2D eigenvalue weighted by atomic mass is 32.2. The van der Waals surface area contributed by atoms with Crippen LogP contribution in [0.15, 0.2) is 52.7 Å². The van der Waals surface area contributed by atoms with Crippen molar-refractivity contribution in [1.29, 1.82) is 0 Å². The number of aromatic nitrogens is 1. The zero-order chi connectivity index (χ0) is 27.3. The van der Waals surface area contributed by atoms with Gasteiger partial charge in [-0.15, -0.1) is 11.3 Å². The molecular weight excluding hydrogens is 551 g/mol. The van der Waals surface area contributed by atoms with Crippen molar-refractivity contribution in [3.05, 3.63) is 59.1 Å². The lowest BCUT2D eigenvalue weighted by molar-refractivity contribution is 0.102. The average Bonchev–Trinajstić information content (AvgIpc) is 3.50. The Balaban J connectivity index is 1.54. The molecule has 2 heterocycles. The minimum atomic E-state index is -3.34. The summed E-state index contributed by atoms with van der Waals surface area (Å²) >= 11 is 1.22. The number of nitrogens with zero attached hydrogens (tertiary/aromatic N) is 1. The van der Waals surface area contributed by atoms with E-state index in [2.05, 4.69) is 10.3 Å². The Hall–Kier alpha value is -2.76. The molecule has 0 bridgehead atoms. The molecule has 13 heteroatoms. The molecule has 1 aromatic heterocycles. The SMILES string of the molecule is CCOP(C)(=O)Cc1csc(NC(=O)c2cc(Oc3ccc(S(C)(=O)=O)cc3)cc(OC3CCOC3)c2)n1. The average molecular weight is 581 g/mol. The van der Waals surface area contributed by atoms with Gasteiger partial charge >= 0.3 is 0 Å². The van der Waals surface area contributed by atoms with Crippen LogP contribution in [0.25, 0.3) is 0 Å². The lowest BCUT2D eigenvalue weighted by Crippen LogP contribution is -2.17. The van der Waals surface area contributed by atoms with Gasteiger partial charge < -0.3 is 18.7 Å². The molecule has 3 aromatic rings. The van der Waals surface area contributed by atoms with Crippen LogP contribution in [0.4, 0.5) is 5.13 Å². The van der Waals surface area contributed by atoms with Gasteiger partial charge in [0.25, 0.3) is 5.91 Å². The standard InChI is InChI=1S/C25H29N2O8PS2/c1-4-33-36(2,29)15-18-16-37-25(26-18)27-24(28)17-11-21(13-22(12-17)35-20-9-10-32-14-20)34-19-5-7-23(8-6-19)38(3,30)31/h5-8,11-13,16,20H,4,9-10,14-15H2,1-3H3,(H,26,27,28). The Bertz CT molecular complexity index is 1430. The van der Waals surface area contributed by atoms with Crippen LogP contribution in [-0.4, -0.2) is 58.2 Å². The van der Waals surface area contributed by atoms with Gasteiger partial charge in [-0.1, -0.05) is 0 Å². The normalized spacial score (nSPS) is 17.1. The topological polar surface area (TPSA) is 130 Å². The van der Waals surface area contributed by atoms with Crippen LogP contribution in [0.3, 0.4) is 0 Å². The fourth-order valence-corrected chi connectivity index (χ4v) is 6.59. The maximum Gasteiger partial charge on any atom is 0.257 e. The van der Waals surface area contributed by atoms with E-state index < -0.39 is 23.1 Å². The summed E-state index contributed by atoms with van der Waals surface area (Å²) in [6, 6.07) is 10.8. The highest BCUT2D eigenvalue weighted by Crippen LogP contribution is 2.46. The van der Waals surface area contributed by atoms with Gasteiger partial charge in [0.2, 0.25) is 7.37 Å². The third kappa shape index (κ3) is 7.87. The van der Waals surface area contributed by atoms with Gasteiger partial charge in [0, 0.05) is 36.4 Å². The first kappa shape index (κ1) is 28.3. The number of hydrogen-bond donors (Lipinski definition) is 1. The van der Waals surface area contributed by atoms with Crippen molar-refractivity contribution in [3.63, 3.8) is 0 Å². The molecule has 38 heavy (non-hydrogen) atoms. The molecule has 2 aromatic carbocycles. The number of benzene rings is 2. The third-order valence-corrected chi connectivity index (χ3v) is 9.08. The van der Waals surface area contributed by atoms with Crippen LogP contribution in [0.2, 0.25) is 0 Å². The van der Waals surface area contributed by atoms with Crippen molar-refractivity contribution in [2.75, 3.05) is 38.1 Å². The first-order chi connectivity index (χ1) is 18.0. The minimum absolute atomic E-state index is 0.146. The van der Waals surface area contributed by atoms with Crippen molar-refractivity contribution < 1.29 is 36.5 Å². The molecule has 1 aliphatic rings. The van der Waals surface area contributed by atoms with E-state index in [1.165, 1.54) is 23.5 Å². The van der Waals surface area contributed by atoms with Gasteiger partial charge in [-0.2, -0.15) is 0 Å². The van der Waals surface area contributed by atoms with E-state index in [1.807, 2.05) is 0 Å². The van der Waals surface area contributed by atoms with Crippen molar-refractivity contribution in [2.24, 2.45) is 0 Å². The summed E-state index contributed by atoms with van der Waals surface area (Å²) in [6.07, 6.45) is 1.89. The molecule has 2 atom stereocenters. The predicted molar refractivity (Wildman–Crippen MR) is 145 cm³/mol. The summed E-state index contributed by atoms with van der Waals surface area (Å²) in [5, 5.41) is 4.86. The molecule has 1 N–H and O–H groups in total. The second-order valence-electron chi connectivity index (χ2n) is 8.83. The smallest absolute Gasteiger partial charge is 0.257 e. The summed E-state index contributed by atoms with van der Waals surface area (Å²) in [7, 11) is -6.15. The second-order valence-corrected chi connectivity index (χ2v) is 14.3. The number of nitrogens with one attached hydrogen (secondary N) is 1. The summed E-state index contributed by atoms with van der Waals surface area (Å²) in [5.74, 6) is 0.732. The molecule has 1 aliphatic heterocycles. The predicted octanol–water partition coefficient (Wildman–Crippen LogP) is 5.20. The summed E-state index contributed by atoms with van der Waals surface area (Å²) < 4.78 is 58.6. The number of rotatable bonds is 11. The van der Waals surface area contributed by atoms with Gasteiger partial charge in [0.15, 0.2) is 15.0 Å². The molecule has 1 saturated heterocycles. The van der Waals surface area contributed by atoms with Crippen LogP contribution in [-0.2, 0) is 29.8 Å². The highest BCUT2D eigenvalue weighted by Gasteiger charge is 2.21. The van der Waals surface area contributed by atoms with Gasteiger partial charge in [-0.05, 0) is 43.3 Å². The molecule has 0 spiro atoms. The second kappa shape index (κ2) is 12.0. The quantitative estimate of drug-likeness (QED) is 0.304. The van der Waals surface area contributed by atoms with E-state index in [1.54, 1.807) is 49.3 Å². The van der Waals surface area contributed by atoms with E-state index in [0.29, 0.717) is 47.9 Å². The maximum atomic E-state index is 13.1. The largest absolute Gasteiger partial charge is 0.488 e. The van der Waals surface area contributed by atoms with E-state index in [4.69, 9.17) is 18.7 Å². The lowest BCUT2D eigenvalue weighted by Gasteiger charge is -2.15. The first-order valence-electron chi connectivity index (χ1n) is 11.8. The van der Waals surface area contributed by atoms with Crippen molar-refractivity contribution in [1.82, 2.24) is 4.98 Å². The van der Waals surface area contributed by atoms with Crippen LogP contribution in [0.1, 0.15) is 29.4 Å². The first-order valence-corrected chi connectivity index (χ1v) is 16.9. The monoisotopic (exact) mass is 580 g/mol. The number of thiazole rings is 1. The lowest BCUT2D eigenvalue weighted by atomic mass is 10.2. The molecule has 0 radical (unpaired) electrons. The van der Waals surface area contributed by atoms with Crippen LogP contribution in [0.5, 0.6) is 17.2 Å². The summed E-state index contributed by atoms with van der Waals surface area (Å²) in [6.45, 7) is 4.74. The number of carbonyl (C=O) groups is 1. The van der Waals surface area contributed by atoms with Crippen molar-refractivity contribution in [2.45, 2.75) is 30.5 Å². The number of hydrogen-bond acceptors (Lipinski definition) is 10. The highest BCUT2D eigenvalue weighted by molar-refractivity contribution is 7.90. The van der Waals surface area contributed by atoms with E-state index in [-0.39, 0.29) is 22.7 Å². The molecule has 204 valence electrons. The van der Waals surface area contributed by atoms with Gasteiger partial charge in [0.1, 0.15) is 23.4 Å². The molecule has 0 saturated carbocycles. The van der Waals surface area contributed by atoms with Crippen molar-refractivity contribution >= 4 is 39.6 Å². The summed E-state index contributed by atoms with van der Waals surface area (Å²) in [5.41, 5.74) is 0.848. The molecule has 1 fully saturated rings. The Kier molecular flexibility index (Phi) is 8.89. The van der Waals surface area contributed by atoms with Crippen LogP contribution < -0.4 is 14.8 Å². The van der Waals surface area contributed by atoms with E-state index >= 15 is 0 Å². The van der Waals surface area contributed by atoms with Crippen LogP contribution in [0, 0.1) is 0 Å². The Morgan fingerprint density at radius 1 is 1.18 bits per heavy atom. The molecule has 4 rings (SSSR count). The summed E-state index contributed by atoms with van der Waals surface area (Å²) in [4.78, 5) is 17.7. The third-order valence-electron chi connectivity index (χ3n) is 5.44. The fraction of sp³-hybridized carbons (Fsp3) is 0.360. The van der Waals surface area contributed by atoms with Gasteiger partial charge in [-0.3, -0.25) is 14.7 Å². The fourth-order valence-electron chi connectivity index (χ4n) is 3.74. The Morgan fingerprint density at radius 2 is 1.92 bits per heavy atom. The van der Waals surface area contributed by atoms with Crippen LogP contribution >= 0.6 is 18.7 Å². The van der Waals surface area contributed by atoms with Crippen molar-refractivity contribution in [3.8, 4) is 17.2 Å². The number of amides is 1. The van der Waals surface area contributed by atoms with E-state index in [0.717, 1.165) is 12.7 Å². The molecular formula is C25H29N2O8PS2. The zero-order valence-corrected chi connectivity index (χ0v) is 23.7. The number of anilines is 1. The molecule has 10 nitrogen and oxygen atoms in total. The number of sulfone groups is 1. The van der Waals surface area contributed by atoms with E-state index in [9.17, 15) is 17.8 Å². The molecule has 2 unspecified atom stereocenters. The molecule has 1 amide bonds. The minimum Gasteiger partial charge on any atom is -0.488 e. The number of ether oxygens (including phenoxy) is 3. The Morgan fingerprint density at radius 3 is 2.58 bits per heavy atom. The van der Waals surface area contributed by atoms with Gasteiger partial charge in [-0.25, -0.2) is 13.4 Å². The number of carbonyl (C=O) groups excluding carboxylic acids is 1. The van der Waals surface area contributed by atoms with Gasteiger partial charge in [0.05, 0.1) is 36.6 Å².